The van der Waals surface area contributed by atoms with Crippen LogP contribution in [0, 0.1) is 5.92 Å². The van der Waals surface area contributed by atoms with Crippen LogP contribution in [0.5, 0.6) is 17.2 Å². The van der Waals surface area contributed by atoms with E-state index in [0.717, 1.165) is 5.56 Å². The summed E-state index contributed by atoms with van der Waals surface area (Å²) < 4.78 is 16.8. The number of carbonyl (C=O) groups is 2. The molecule has 5 rings (SSSR count). The Morgan fingerprint density at radius 1 is 1.00 bits per heavy atom. The van der Waals surface area contributed by atoms with Crippen molar-refractivity contribution in [2.24, 2.45) is 5.92 Å². The zero-order chi connectivity index (χ0) is 27.9. The fourth-order valence-corrected chi connectivity index (χ4v) is 4.77. The molecule has 0 radical (unpaired) electrons. The van der Waals surface area contributed by atoms with Gasteiger partial charge in [0.25, 0.3) is 11.7 Å². The number of amides is 1. The Morgan fingerprint density at radius 3 is 2.41 bits per heavy atom. The summed E-state index contributed by atoms with van der Waals surface area (Å²) in [6.07, 6.45) is 0. The van der Waals surface area contributed by atoms with Crippen LogP contribution in [0.3, 0.4) is 0 Å². The van der Waals surface area contributed by atoms with Gasteiger partial charge in [-0.2, -0.15) is 0 Å². The third-order valence-electron chi connectivity index (χ3n) is 6.86. The highest BCUT2D eigenvalue weighted by molar-refractivity contribution is 6.51. The van der Waals surface area contributed by atoms with Crippen molar-refractivity contribution in [2.75, 3.05) is 18.3 Å². The van der Waals surface area contributed by atoms with Crippen molar-refractivity contribution in [3.63, 3.8) is 0 Å². The Morgan fingerprint density at radius 2 is 1.72 bits per heavy atom. The first-order chi connectivity index (χ1) is 18.5. The minimum absolute atomic E-state index is 0.0159. The van der Waals surface area contributed by atoms with Crippen molar-refractivity contribution < 1.29 is 28.9 Å². The van der Waals surface area contributed by atoms with E-state index in [1.165, 1.54) is 4.90 Å². The third-order valence-corrected chi connectivity index (χ3v) is 6.86. The van der Waals surface area contributed by atoms with Gasteiger partial charge in [-0.25, -0.2) is 0 Å². The molecule has 2 aliphatic rings. The predicted octanol–water partition coefficient (Wildman–Crippen LogP) is 6.37. The molecule has 7 heteroatoms. The molecule has 1 unspecified atom stereocenters. The molecule has 7 nitrogen and oxygen atoms in total. The van der Waals surface area contributed by atoms with E-state index in [0.29, 0.717) is 46.6 Å². The van der Waals surface area contributed by atoms with Gasteiger partial charge in [-0.15, -0.1) is 0 Å². The number of hydrogen-bond acceptors (Lipinski definition) is 6. The number of aliphatic hydroxyl groups is 1. The largest absolute Gasteiger partial charge is 0.507 e. The molecule has 0 spiro atoms. The minimum atomic E-state index is -0.848. The molecule has 1 atom stereocenters. The average molecular weight is 528 g/mol. The molecule has 202 valence electrons. The van der Waals surface area contributed by atoms with Crippen molar-refractivity contribution >= 4 is 23.1 Å². The van der Waals surface area contributed by atoms with Crippen LogP contribution in [0.2, 0.25) is 0 Å². The molecule has 0 saturated carbocycles. The highest BCUT2D eigenvalue weighted by atomic mass is 16.7. The molecule has 2 heterocycles. The van der Waals surface area contributed by atoms with Gasteiger partial charge in [-0.05, 0) is 46.7 Å². The van der Waals surface area contributed by atoms with E-state index < -0.39 is 17.7 Å². The van der Waals surface area contributed by atoms with Crippen LogP contribution < -0.4 is 19.1 Å². The lowest BCUT2D eigenvalue weighted by molar-refractivity contribution is -0.132. The SMILES string of the molecule is CC(C)COc1cccc(/C(O)=C2\C(=O)C(=O)N(c3ccc4c(c3)OCO4)C2c2ccc(C(C)(C)C)cc2)c1. The summed E-state index contributed by atoms with van der Waals surface area (Å²) >= 11 is 0. The number of rotatable bonds is 6. The molecule has 0 bridgehead atoms. The van der Waals surface area contributed by atoms with Crippen LogP contribution in [0.25, 0.3) is 5.76 Å². The Bertz CT molecular complexity index is 1450. The van der Waals surface area contributed by atoms with Crippen molar-refractivity contribution in [3.8, 4) is 17.2 Å². The van der Waals surface area contributed by atoms with Gasteiger partial charge in [-0.1, -0.05) is 71.0 Å². The van der Waals surface area contributed by atoms with Crippen LogP contribution >= 0.6 is 0 Å². The maximum Gasteiger partial charge on any atom is 0.300 e. The lowest BCUT2D eigenvalue weighted by Gasteiger charge is -2.26. The van der Waals surface area contributed by atoms with Crippen molar-refractivity contribution in [3.05, 3.63) is 89.0 Å². The second-order valence-corrected chi connectivity index (χ2v) is 11.3. The second kappa shape index (κ2) is 10.1. The molecule has 1 fully saturated rings. The topological polar surface area (TPSA) is 85.3 Å². The van der Waals surface area contributed by atoms with E-state index in [1.807, 2.05) is 38.1 Å². The number of aliphatic hydroxyl groups excluding tert-OH is 1. The van der Waals surface area contributed by atoms with Gasteiger partial charge in [0.05, 0.1) is 18.2 Å². The van der Waals surface area contributed by atoms with Crippen LogP contribution in [0.15, 0.2) is 72.3 Å². The molecule has 3 aromatic carbocycles. The van der Waals surface area contributed by atoms with E-state index in [-0.39, 0.29) is 23.5 Å². The monoisotopic (exact) mass is 527 g/mol. The number of benzene rings is 3. The van der Waals surface area contributed by atoms with Gasteiger partial charge in [0.1, 0.15) is 11.5 Å². The predicted molar refractivity (Wildman–Crippen MR) is 149 cm³/mol. The Labute approximate surface area is 228 Å². The first kappa shape index (κ1) is 26.4. The zero-order valence-electron chi connectivity index (χ0n) is 22.9. The number of fused-ring (bicyclic) bond motifs is 1. The van der Waals surface area contributed by atoms with Crippen molar-refractivity contribution in [1.82, 2.24) is 0 Å². The van der Waals surface area contributed by atoms with E-state index in [9.17, 15) is 14.7 Å². The van der Waals surface area contributed by atoms with E-state index in [4.69, 9.17) is 14.2 Å². The summed E-state index contributed by atoms with van der Waals surface area (Å²) in [4.78, 5) is 28.5. The number of hydrogen-bond donors (Lipinski definition) is 1. The third kappa shape index (κ3) is 5.09. The molecular formula is C32H33NO6. The molecule has 2 aliphatic heterocycles. The summed E-state index contributed by atoms with van der Waals surface area (Å²) in [6, 6.07) is 19.0. The summed E-state index contributed by atoms with van der Waals surface area (Å²) in [5.74, 6) is 0.215. The first-order valence-electron chi connectivity index (χ1n) is 13.1. The summed E-state index contributed by atoms with van der Waals surface area (Å²) in [7, 11) is 0. The molecular weight excluding hydrogens is 494 g/mol. The van der Waals surface area contributed by atoms with Gasteiger partial charge in [-0.3, -0.25) is 14.5 Å². The number of ketones is 1. The molecule has 1 amide bonds. The normalized spacial score (nSPS) is 18.2. The molecule has 1 saturated heterocycles. The maximum absolute atomic E-state index is 13.6. The molecule has 0 aliphatic carbocycles. The fraction of sp³-hybridized carbons (Fsp3) is 0.312. The van der Waals surface area contributed by atoms with Gasteiger partial charge in [0.2, 0.25) is 6.79 Å². The van der Waals surface area contributed by atoms with Crippen LogP contribution in [0.4, 0.5) is 5.69 Å². The van der Waals surface area contributed by atoms with E-state index >= 15 is 0 Å². The lowest BCUT2D eigenvalue weighted by atomic mass is 9.85. The highest BCUT2D eigenvalue weighted by Gasteiger charge is 2.47. The van der Waals surface area contributed by atoms with E-state index in [2.05, 4.69) is 20.8 Å². The number of ether oxygens (including phenoxy) is 3. The summed E-state index contributed by atoms with van der Waals surface area (Å²) in [5, 5.41) is 11.5. The summed E-state index contributed by atoms with van der Waals surface area (Å²) in [6.45, 7) is 11.1. The molecule has 0 aromatic heterocycles. The quantitative estimate of drug-likeness (QED) is 0.228. The molecule has 1 N–H and O–H groups in total. The maximum atomic E-state index is 13.6. The highest BCUT2D eigenvalue weighted by Crippen LogP contribution is 2.45. The second-order valence-electron chi connectivity index (χ2n) is 11.3. The standard InChI is InChI=1S/C32H33NO6/c1-19(2)17-37-24-8-6-7-21(15-24)29(34)27-28(20-9-11-22(12-10-20)32(3,4)5)33(31(36)30(27)35)23-13-14-25-26(16-23)39-18-38-25/h6-16,19,28,34H,17-18H2,1-5H3/b29-27+. The summed E-state index contributed by atoms with van der Waals surface area (Å²) in [5.41, 5.74) is 2.63. The van der Waals surface area contributed by atoms with Crippen molar-refractivity contribution in [2.45, 2.75) is 46.1 Å². The number of anilines is 1. The Hall–Kier alpha value is -4.26. The first-order valence-corrected chi connectivity index (χ1v) is 13.1. The minimum Gasteiger partial charge on any atom is -0.507 e. The van der Waals surface area contributed by atoms with Crippen LogP contribution in [-0.2, 0) is 15.0 Å². The van der Waals surface area contributed by atoms with Gasteiger partial charge >= 0.3 is 0 Å². The number of nitrogens with zero attached hydrogens (tertiary/aromatic N) is 1. The van der Waals surface area contributed by atoms with Crippen molar-refractivity contribution in [1.29, 1.82) is 0 Å². The molecule has 3 aromatic rings. The fourth-order valence-electron chi connectivity index (χ4n) is 4.77. The average Bonchev–Trinajstić information content (AvgIpc) is 3.48. The number of Topliss-reactive ketones (excluding diaryl/α,β-unsaturated/α-hetero) is 1. The van der Waals surface area contributed by atoms with E-state index in [1.54, 1.807) is 42.5 Å². The zero-order valence-corrected chi connectivity index (χ0v) is 22.9. The van der Waals surface area contributed by atoms with Crippen LogP contribution in [0.1, 0.15) is 57.4 Å². The van der Waals surface area contributed by atoms with Gasteiger partial charge in [0.15, 0.2) is 11.5 Å². The molecule has 39 heavy (non-hydrogen) atoms. The van der Waals surface area contributed by atoms with Gasteiger partial charge in [0, 0.05) is 17.3 Å². The number of carbonyl (C=O) groups excluding carboxylic acids is 2. The Kier molecular flexibility index (Phi) is 6.85. The lowest BCUT2D eigenvalue weighted by Crippen LogP contribution is -2.29. The smallest absolute Gasteiger partial charge is 0.300 e. The Balaban J connectivity index is 1.64. The van der Waals surface area contributed by atoms with Gasteiger partial charge < -0.3 is 19.3 Å². The van der Waals surface area contributed by atoms with Crippen LogP contribution in [-0.4, -0.2) is 30.2 Å².